The van der Waals surface area contributed by atoms with Crippen molar-refractivity contribution in [3.63, 3.8) is 0 Å². The molecule has 26 heavy (non-hydrogen) atoms. The number of hydrogen-bond acceptors (Lipinski definition) is 4. The number of benzene rings is 2. The third-order valence-electron chi connectivity index (χ3n) is 3.86. The van der Waals surface area contributed by atoms with Crippen LogP contribution in [0.2, 0.25) is 5.02 Å². The third-order valence-corrected chi connectivity index (χ3v) is 6.03. The van der Waals surface area contributed by atoms with Gasteiger partial charge in [-0.1, -0.05) is 36.7 Å². The van der Waals surface area contributed by atoms with Gasteiger partial charge in [-0.3, -0.25) is 9.69 Å². The highest BCUT2D eigenvalue weighted by Gasteiger charge is 2.20. The molecule has 0 aliphatic rings. The van der Waals surface area contributed by atoms with Gasteiger partial charge in [0.25, 0.3) is 0 Å². The Morgan fingerprint density at radius 1 is 1.19 bits per heavy atom. The summed E-state index contributed by atoms with van der Waals surface area (Å²) in [6, 6.07) is 15.7. The number of thiazole rings is 1. The number of nitrogens with zero attached hydrogens (tertiary/aromatic N) is 2. The first-order chi connectivity index (χ1) is 12.6. The number of carbonyl (C=O) groups is 1. The Morgan fingerprint density at radius 3 is 2.62 bits per heavy atom. The topological polar surface area (TPSA) is 33.2 Å². The predicted molar refractivity (Wildman–Crippen MR) is 112 cm³/mol. The number of thioether (sulfide) groups is 1. The average Bonchev–Trinajstić information content (AvgIpc) is 3.10. The second-order valence-corrected chi connectivity index (χ2v) is 8.02. The Kier molecular flexibility index (Phi) is 6.35. The number of rotatable bonds is 6. The number of aryl methyl sites for hydroxylation is 1. The van der Waals surface area contributed by atoms with E-state index in [0.717, 1.165) is 39.0 Å². The minimum Gasteiger partial charge on any atom is -0.274 e. The molecule has 2 aromatic carbocycles. The van der Waals surface area contributed by atoms with Gasteiger partial charge < -0.3 is 0 Å². The highest BCUT2D eigenvalue weighted by molar-refractivity contribution is 7.98. The molecule has 0 bridgehead atoms. The Balaban J connectivity index is 1.79. The first-order valence-electron chi connectivity index (χ1n) is 8.30. The van der Waals surface area contributed by atoms with Crippen molar-refractivity contribution in [2.24, 2.45) is 0 Å². The van der Waals surface area contributed by atoms with E-state index in [4.69, 9.17) is 16.6 Å². The number of amides is 1. The van der Waals surface area contributed by atoms with E-state index in [-0.39, 0.29) is 5.91 Å². The van der Waals surface area contributed by atoms with Gasteiger partial charge in [-0.2, -0.15) is 0 Å². The average molecular weight is 403 g/mol. The van der Waals surface area contributed by atoms with E-state index in [9.17, 15) is 4.79 Å². The van der Waals surface area contributed by atoms with E-state index in [1.54, 1.807) is 23.6 Å². The Hall–Kier alpha value is -1.82. The van der Waals surface area contributed by atoms with Crippen molar-refractivity contribution < 1.29 is 4.79 Å². The minimum absolute atomic E-state index is 0.0304. The molecule has 1 heterocycles. The van der Waals surface area contributed by atoms with E-state index >= 15 is 0 Å². The maximum Gasteiger partial charge on any atom is 0.230 e. The molecule has 0 aliphatic heterocycles. The van der Waals surface area contributed by atoms with Crippen LogP contribution in [0.4, 0.5) is 10.8 Å². The van der Waals surface area contributed by atoms with Gasteiger partial charge in [-0.25, -0.2) is 4.98 Å². The molecule has 0 saturated heterocycles. The van der Waals surface area contributed by atoms with Crippen LogP contribution in [0.1, 0.15) is 25.1 Å². The predicted octanol–water partition coefficient (Wildman–Crippen LogP) is 6.34. The molecule has 0 N–H and O–H groups in total. The van der Waals surface area contributed by atoms with E-state index < -0.39 is 0 Å². The Labute approximate surface area is 167 Å². The van der Waals surface area contributed by atoms with Gasteiger partial charge in [0.2, 0.25) is 5.91 Å². The van der Waals surface area contributed by atoms with Crippen molar-refractivity contribution in [2.75, 3.05) is 4.90 Å². The molecule has 3 rings (SSSR count). The molecular formula is C20H19ClN2OS2. The highest BCUT2D eigenvalue weighted by atomic mass is 35.5. The first kappa shape index (κ1) is 19.0. The molecule has 6 heteroatoms. The fourth-order valence-corrected chi connectivity index (χ4v) is 4.49. The lowest BCUT2D eigenvalue weighted by molar-refractivity contribution is -0.115. The molecule has 0 unspecified atom stereocenters. The number of anilines is 2. The first-order valence-corrected chi connectivity index (χ1v) is 10.5. The van der Waals surface area contributed by atoms with Crippen LogP contribution in [-0.4, -0.2) is 10.9 Å². The highest BCUT2D eigenvalue weighted by Crippen LogP contribution is 2.33. The molecule has 134 valence electrons. The summed E-state index contributed by atoms with van der Waals surface area (Å²) in [5, 5.41) is 3.46. The van der Waals surface area contributed by atoms with Crippen molar-refractivity contribution in [1.82, 2.24) is 4.98 Å². The van der Waals surface area contributed by atoms with Gasteiger partial charge in [0, 0.05) is 28.0 Å². The second-order valence-electron chi connectivity index (χ2n) is 5.70. The number of aromatic nitrogens is 1. The van der Waals surface area contributed by atoms with Crippen LogP contribution in [0.15, 0.2) is 58.8 Å². The van der Waals surface area contributed by atoms with Crippen molar-refractivity contribution in [2.45, 2.75) is 30.9 Å². The van der Waals surface area contributed by atoms with Crippen LogP contribution < -0.4 is 4.90 Å². The van der Waals surface area contributed by atoms with Crippen LogP contribution in [0, 0.1) is 0 Å². The maximum atomic E-state index is 12.3. The number of para-hydroxylation sites is 1. The van der Waals surface area contributed by atoms with Crippen LogP contribution in [0.3, 0.4) is 0 Å². The molecule has 1 amide bonds. The van der Waals surface area contributed by atoms with Crippen LogP contribution in [0.5, 0.6) is 0 Å². The van der Waals surface area contributed by atoms with Gasteiger partial charge >= 0.3 is 0 Å². The molecule has 0 atom stereocenters. The zero-order valence-electron chi connectivity index (χ0n) is 14.6. The molecule has 1 aromatic heterocycles. The number of hydrogen-bond donors (Lipinski definition) is 0. The Bertz CT molecular complexity index is 893. The van der Waals surface area contributed by atoms with E-state index in [1.165, 1.54) is 11.3 Å². The summed E-state index contributed by atoms with van der Waals surface area (Å²) in [6.07, 6.45) is 0.866. The summed E-state index contributed by atoms with van der Waals surface area (Å²) >= 11 is 9.12. The lowest BCUT2D eigenvalue weighted by atomic mass is 10.1. The van der Waals surface area contributed by atoms with E-state index in [0.29, 0.717) is 5.13 Å². The second kappa shape index (κ2) is 8.71. The van der Waals surface area contributed by atoms with Gasteiger partial charge in [0.15, 0.2) is 5.13 Å². The summed E-state index contributed by atoms with van der Waals surface area (Å²) in [4.78, 5) is 19.9. The number of halogens is 1. The molecule has 0 aliphatic carbocycles. The summed E-state index contributed by atoms with van der Waals surface area (Å²) in [5.41, 5.74) is 3.01. The molecule has 0 radical (unpaired) electrons. The zero-order chi connectivity index (χ0) is 18.5. The quantitative estimate of drug-likeness (QED) is 0.451. The fraction of sp³-hybridized carbons (Fsp3) is 0.200. The van der Waals surface area contributed by atoms with Crippen LogP contribution in [-0.2, 0) is 17.0 Å². The summed E-state index contributed by atoms with van der Waals surface area (Å²) in [5.74, 6) is 0.719. The third kappa shape index (κ3) is 4.47. The van der Waals surface area contributed by atoms with Gasteiger partial charge in [-0.05, 0) is 42.3 Å². The Morgan fingerprint density at radius 2 is 1.92 bits per heavy atom. The SMILES string of the molecule is CCc1ccccc1N(C(C)=O)c1nc(CSc2ccc(Cl)cc2)cs1. The minimum atomic E-state index is -0.0304. The number of carbonyl (C=O) groups excluding carboxylic acids is 1. The van der Waals surface area contributed by atoms with Crippen LogP contribution >= 0.6 is 34.7 Å². The maximum absolute atomic E-state index is 12.3. The van der Waals surface area contributed by atoms with Gasteiger partial charge in [0.05, 0.1) is 11.4 Å². The standard InChI is InChI=1S/C20H19ClN2OS2/c1-3-15-6-4-5-7-19(15)23(14(2)24)20-22-17(13-26-20)12-25-18-10-8-16(21)9-11-18/h4-11,13H,3,12H2,1-2H3. The van der Waals surface area contributed by atoms with Gasteiger partial charge in [-0.15, -0.1) is 23.1 Å². The summed E-state index contributed by atoms with van der Waals surface area (Å²) < 4.78 is 0. The molecule has 3 nitrogen and oxygen atoms in total. The fourth-order valence-electron chi connectivity index (χ4n) is 2.59. The smallest absolute Gasteiger partial charge is 0.230 e. The normalized spacial score (nSPS) is 10.7. The summed E-state index contributed by atoms with van der Waals surface area (Å²) in [6.45, 7) is 3.67. The van der Waals surface area contributed by atoms with Crippen LogP contribution in [0.25, 0.3) is 0 Å². The zero-order valence-corrected chi connectivity index (χ0v) is 17.0. The largest absolute Gasteiger partial charge is 0.274 e. The lowest BCUT2D eigenvalue weighted by Gasteiger charge is -2.20. The van der Waals surface area contributed by atoms with E-state index in [2.05, 4.69) is 13.0 Å². The van der Waals surface area contributed by atoms with Crippen molar-refractivity contribution in [3.8, 4) is 0 Å². The van der Waals surface area contributed by atoms with Gasteiger partial charge in [0.1, 0.15) is 0 Å². The van der Waals surface area contributed by atoms with Crippen molar-refractivity contribution >= 4 is 51.4 Å². The molecule has 0 saturated carbocycles. The van der Waals surface area contributed by atoms with E-state index in [1.807, 2.05) is 47.8 Å². The van der Waals surface area contributed by atoms with Crippen molar-refractivity contribution in [1.29, 1.82) is 0 Å². The van der Waals surface area contributed by atoms with Crippen molar-refractivity contribution in [3.05, 3.63) is 70.2 Å². The lowest BCUT2D eigenvalue weighted by Crippen LogP contribution is -2.23. The monoisotopic (exact) mass is 402 g/mol. The molecular weight excluding hydrogens is 384 g/mol. The molecule has 0 spiro atoms. The molecule has 0 fully saturated rings. The summed E-state index contributed by atoms with van der Waals surface area (Å²) in [7, 11) is 0. The molecule has 3 aromatic rings.